The van der Waals surface area contributed by atoms with E-state index >= 15 is 0 Å². The Morgan fingerprint density at radius 2 is 1.97 bits per heavy atom. The van der Waals surface area contributed by atoms with Gasteiger partial charge in [0.05, 0.1) is 23.4 Å². The molecule has 1 aliphatic heterocycles. The Labute approximate surface area is 196 Å². The fourth-order valence-corrected chi connectivity index (χ4v) is 5.65. The fourth-order valence-electron chi connectivity index (χ4n) is 4.78. The van der Waals surface area contributed by atoms with Gasteiger partial charge in [0, 0.05) is 18.5 Å². The Morgan fingerprint density at radius 1 is 1.15 bits per heavy atom. The van der Waals surface area contributed by atoms with Crippen molar-refractivity contribution in [3.05, 3.63) is 42.7 Å². The highest BCUT2D eigenvalue weighted by Crippen LogP contribution is 2.37. The molecule has 2 aliphatic rings. The van der Waals surface area contributed by atoms with Gasteiger partial charge in [0.15, 0.2) is 10.9 Å². The first-order valence-corrected chi connectivity index (χ1v) is 12.4. The molecule has 1 saturated carbocycles. The lowest BCUT2D eigenvalue weighted by Gasteiger charge is -2.28. The van der Waals surface area contributed by atoms with E-state index in [0.717, 1.165) is 23.7 Å². The normalized spacial score (nSPS) is 19.1. The number of aromatic nitrogens is 3. The third-order valence-corrected chi connectivity index (χ3v) is 7.23. The van der Waals surface area contributed by atoms with Crippen molar-refractivity contribution in [1.82, 2.24) is 14.8 Å². The van der Waals surface area contributed by atoms with Crippen LogP contribution in [0.3, 0.4) is 0 Å². The molecule has 3 aromatic rings. The van der Waals surface area contributed by atoms with E-state index in [9.17, 15) is 9.59 Å². The van der Waals surface area contributed by atoms with Crippen LogP contribution in [0.4, 0.5) is 11.4 Å². The Hall–Kier alpha value is -3.07. The number of furan rings is 1. The Bertz CT molecular complexity index is 1140. The summed E-state index contributed by atoms with van der Waals surface area (Å²) in [6.07, 6.45) is 7.62. The lowest BCUT2D eigenvalue weighted by Crippen LogP contribution is -2.40. The topological polar surface area (TPSA) is 93.3 Å². The van der Waals surface area contributed by atoms with Gasteiger partial charge in [0.2, 0.25) is 17.6 Å². The van der Waals surface area contributed by atoms with E-state index in [1.54, 1.807) is 11.2 Å². The molecular weight excluding hydrogens is 438 g/mol. The molecule has 1 fully saturated rings. The van der Waals surface area contributed by atoms with Crippen molar-refractivity contribution < 1.29 is 14.0 Å². The summed E-state index contributed by atoms with van der Waals surface area (Å²) in [5, 5.41) is 12.5. The molecule has 0 saturated heterocycles. The molecule has 0 spiro atoms. The van der Waals surface area contributed by atoms with Crippen LogP contribution in [-0.4, -0.2) is 38.4 Å². The van der Waals surface area contributed by atoms with Gasteiger partial charge in [-0.05, 0) is 44.0 Å². The molecule has 1 aliphatic carbocycles. The second-order valence-corrected chi connectivity index (χ2v) is 9.56. The Morgan fingerprint density at radius 3 is 2.76 bits per heavy atom. The largest absolute Gasteiger partial charge is 0.461 e. The third-order valence-electron chi connectivity index (χ3n) is 6.30. The van der Waals surface area contributed by atoms with Crippen molar-refractivity contribution in [2.45, 2.75) is 62.7 Å². The summed E-state index contributed by atoms with van der Waals surface area (Å²) in [6.45, 7) is 1.91. The minimum Gasteiger partial charge on any atom is -0.461 e. The molecule has 3 heterocycles. The first kappa shape index (κ1) is 21.8. The van der Waals surface area contributed by atoms with E-state index in [1.807, 2.05) is 43.3 Å². The highest BCUT2D eigenvalue weighted by Gasteiger charge is 2.31. The second-order valence-electron chi connectivity index (χ2n) is 8.62. The number of thioether (sulfide) groups is 1. The summed E-state index contributed by atoms with van der Waals surface area (Å²) >= 11 is 1.40. The van der Waals surface area contributed by atoms with E-state index in [2.05, 4.69) is 20.1 Å². The van der Waals surface area contributed by atoms with Gasteiger partial charge in [-0.15, -0.1) is 10.2 Å². The van der Waals surface area contributed by atoms with Gasteiger partial charge in [0.1, 0.15) is 0 Å². The van der Waals surface area contributed by atoms with Crippen molar-refractivity contribution >= 4 is 35.0 Å². The summed E-state index contributed by atoms with van der Waals surface area (Å²) < 4.78 is 7.77. The molecule has 2 aromatic heterocycles. The molecule has 5 rings (SSSR count). The van der Waals surface area contributed by atoms with E-state index in [-0.39, 0.29) is 30.0 Å². The summed E-state index contributed by atoms with van der Waals surface area (Å²) in [5.41, 5.74) is 1.39. The van der Waals surface area contributed by atoms with Crippen LogP contribution in [0, 0.1) is 0 Å². The predicted octanol–water partition coefficient (Wildman–Crippen LogP) is 4.90. The van der Waals surface area contributed by atoms with Gasteiger partial charge in [-0.3, -0.25) is 14.2 Å². The van der Waals surface area contributed by atoms with Crippen LogP contribution in [0.5, 0.6) is 0 Å². The molecule has 2 amide bonds. The zero-order valence-electron chi connectivity index (χ0n) is 18.6. The Balaban J connectivity index is 1.40. The SMILES string of the molecule is C[C@@H]1CC(=O)Nc2ccccc2N1C(=O)CSc1nnc(-c2ccco2)n1C1CCCCC1. The summed E-state index contributed by atoms with van der Waals surface area (Å²) in [4.78, 5) is 27.4. The van der Waals surface area contributed by atoms with E-state index in [4.69, 9.17) is 4.42 Å². The van der Waals surface area contributed by atoms with Crippen molar-refractivity contribution in [1.29, 1.82) is 0 Å². The zero-order chi connectivity index (χ0) is 22.8. The maximum Gasteiger partial charge on any atom is 0.237 e. The minimum absolute atomic E-state index is 0.0609. The molecule has 0 bridgehead atoms. The molecule has 33 heavy (non-hydrogen) atoms. The number of anilines is 2. The number of carbonyl (C=O) groups is 2. The average Bonchev–Trinajstić information content (AvgIpc) is 3.47. The lowest BCUT2D eigenvalue weighted by atomic mass is 9.95. The standard InChI is InChI=1S/C24H27N5O3S/c1-16-14-21(30)25-18-10-5-6-11-19(18)28(16)22(31)15-33-24-27-26-23(20-12-7-13-32-20)29(24)17-8-3-2-4-9-17/h5-7,10-13,16-17H,2-4,8-9,14-15H2,1H3,(H,25,30)/t16-/m1/s1. The maximum atomic E-state index is 13.4. The van der Waals surface area contributed by atoms with Gasteiger partial charge < -0.3 is 14.6 Å². The number of para-hydroxylation sites is 2. The number of benzene rings is 1. The number of hydrogen-bond acceptors (Lipinski definition) is 6. The molecule has 9 heteroatoms. The molecule has 1 atom stereocenters. The monoisotopic (exact) mass is 465 g/mol. The third kappa shape index (κ3) is 4.42. The zero-order valence-corrected chi connectivity index (χ0v) is 19.4. The van der Waals surface area contributed by atoms with Crippen LogP contribution in [0.1, 0.15) is 51.5 Å². The molecule has 0 radical (unpaired) electrons. The quantitative estimate of drug-likeness (QED) is 0.539. The van der Waals surface area contributed by atoms with Crippen molar-refractivity contribution in [2.24, 2.45) is 0 Å². The average molecular weight is 466 g/mol. The maximum absolute atomic E-state index is 13.4. The van der Waals surface area contributed by atoms with Crippen LogP contribution in [0.2, 0.25) is 0 Å². The lowest BCUT2D eigenvalue weighted by molar-refractivity contribution is -0.117. The smallest absolute Gasteiger partial charge is 0.237 e. The molecule has 0 unspecified atom stereocenters. The number of nitrogens with zero attached hydrogens (tertiary/aromatic N) is 4. The minimum atomic E-state index is -0.239. The Kier molecular flexibility index (Phi) is 6.22. The van der Waals surface area contributed by atoms with E-state index in [0.29, 0.717) is 23.3 Å². The fraction of sp³-hybridized carbons (Fsp3) is 0.417. The molecule has 1 N–H and O–H groups in total. The van der Waals surface area contributed by atoms with Crippen LogP contribution < -0.4 is 10.2 Å². The van der Waals surface area contributed by atoms with E-state index in [1.165, 1.54) is 31.0 Å². The first-order chi connectivity index (χ1) is 16.1. The molecule has 172 valence electrons. The molecule has 8 nitrogen and oxygen atoms in total. The van der Waals surface area contributed by atoms with Gasteiger partial charge >= 0.3 is 0 Å². The summed E-state index contributed by atoms with van der Waals surface area (Å²) in [7, 11) is 0. The van der Waals surface area contributed by atoms with Crippen LogP contribution in [0.25, 0.3) is 11.6 Å². The second kappa shape index (κ2) is 9.43. The summed E-state index contributed by atoms with van der Waals surface area (Å²) in [6, 6.07) is 11.2. The van der Waals surface area contributed by atoms with Crippen LogP contribution >= 0.6 is 11.8 Å². The van der Waals surface area contributed by atoms with Gasteiger partial charge in [-0.1, -0.05) is 43.2 Å². The van der Waals surface area contributed by atoms with Crippen LogP contribution in [-0.2, 0) is 9.59 Å². The van der Waals surface area contributed by atoms with E-state index < -0.39 is 0 Å². The highest BCUT2D eigenvalue weighted by molar-refractivity contribution is 7.99. The highest BCUT2D eigenvalue weighted by atomic mass is 32.2. The number of amides is 2. The number of rotatable bonds is 5. The number of nitrogens with one attached hydrogen (secondary N) is 1. The van der Waals surface area contributed by atoms with Crippen molar-refractivity contribution in [3.8, 4) is 11.6 Å². The number of carbonyl (C=O) groups excluding carboxylic acids is 2. The van der Waals surface area contributed by atoms with Crippen molar-refractivity contribution in [2.75, 3.05) is 16.0 Å². The van der Waals surface area contributed by atoms with Crippen LogP contribution in [0.15, 0.2) is 52.2 Å². The van der Waals surface area contributed by atoms with Crippen molar-refractivity contribution in [3.63, 3.8) is 0 Å². The predicted molar refractivity (Wildman–Crippen MR) is 127 cm³/mol. The first-order valence-electron chi connectivity index (χ1n) is 11.4. The number of fused-ring (bicyclic) bond motifs is 1. The van der Waals surface area contributed by atoms with Gasteiger partial charge in [-0.2, -0.15) is 0 Å². The summed E-state index contributed by atoms with van der Waals surface area (Å²) in [5.74, 6) is 1.46. The van der Waals surface area contributed by atoms with Gasteiger partial charge in [-0.25, -0.2) is 0 Å². The molecule has 1 aromatic carbocycles. The molecular formula is C24H27N5O3S. The van der Waals surface area contributed by atoms with Gasteiger partial charge in [0.25, 0.3) is 0 Å². The number of hydrogen-bond donors (Lipinski definition) is 1.